The van der Waals surface area contributed by atoms with Gasteiger partial charge in [0.05, 0.1) is 5.92 Å². The second-order valence-corrected chi connectivity index (χ2v) is 8.46. The van der Waals surface area contributed by atoms with E-state index < -0.39 is 0 Å². The fourth-order valence-electron chi connectivity index (χ4n) is 4.82. The van der Waals surface area contributed by atoms with Crippen molar-refractivity contribution in [3.63, 3.8) is 0 Å². The molecule has 1 aliphatic carbocycles. The van der Waals surface area contributed by atoms with Crippen LogP contribution in [0.4, 0.5) is 0 Å². The van der Waals surface area contributed by atoms with E-state index in [0.29, 0.717) is 5.92 Å². The van der Waals surface area contributed by atoms with E-state index in [0.717, 1.165) is 51.6 Å². The Balaban J connectivity index is 1.71. The predicted octanol–water partition coefficient (Wildman–Crippen LogP) is 3.04. The SMILES string of the molecule is CC1(C)CN(C(=O)C2CCCCC2NC=O)CCC1c1ccc(O)cc1. The van der Waals surface area contributed by atoms with Crippen molar-refractivity contribution >= 4 is 12.3 Å². The van der Waals surface area contributed by atoms with Crippen LogP contribution in [-0.4, -0.2) is 41.5 Å². The number of carbonyl (C=O) groups is 2. The first kappa shape index (κ1) is 18.7. The van der Waals surface area contributed by atoms with E-state index in [2.05, 4.69) is 19.2 Å². The van der Waals surface area contributed by atoms with Crippen LogP contribution in [0.15, 0.2) is 24.3 Å². The summed E-state index contributed by atoms with van der Waals surface area (Å²) >= 11 is 0. The van der Waals surface area contributed by atoms with Crippen molar-refractivity contribution in [2.24, 2.45) is 11.3 Å². The summed E-state index contributed by atoms with van der Waals surface area (Å²) in [6, 6.07) is 7.43. The van der Waals surface area contributed by atoms with Gasteiger partial charge < -0.3 is 15.3 Å². The van der Waals surface area contributed by atoms with Crippen LogP contribution in [0.1, 0.15) is 57.4 Å². The van der Waals surface area contributed by atoms with Gasteiger partial charge in [-0.15, -0.1) is 0 Å². The number of hydrogen-bond donors (Lipinski definition) is 2. The summed E-state index contributed by atoms with van der Waals surface area (Å²) in [4.78, 5) is 26.0. The highest BCUT2D eigenvalue weighted by Crippen LogP contribution is 2.43. The molecule has 1 heterocycles. The third kappa shape index (κ3) is 3.87. The van der Waals surface area contributed by atoms with Gasteiger partial charge in [-0.2, -0.15) is 0 Å². The Bertz CT molecular complexity index is 641. The zero-order valence-electron chi connectivity index (χ0n) is 15.8. The fourth-order valence-corrected chi connectivity index (χ4v) is 4.82. The number of piperidine rings is 1. The van der Waals surface area contributed by atoms with Crippen LogP contribution < -0.4 is 5.32 Å². The summed E-state index contributed by atoms with van der Waals surface area (Å²) in [5.74, 6) is 0.754. The first-order chi connectivity index (χ1) is 12.4. The van der Waals surface area contributed by atoms with Crippen molar-refractivity contribution in [1.82, 2.24) is 10.2 Å². The highest BCUT2D eigenvalue weighted by Gasteiger charge is 2.41. The molecule has 3 rings (SSSR count). The molecule has 0 spiro atoms. The predicted molar refractivity (Wildman–Crippen MR) is 101 cm³/mol. The number of carbonyl (C=O) groups excluding carboxylic acids is 2. The first-order valence-corrected chi connectivity index (χ1v) is 9.70. The van der Waals surface area contributed by atoms with E-state index in [1.807, 2.05) is 17.0 Å². The second kappa shape index (κ2) is 7.68. The molecule has 0 radical (unpaired) electrons. The molecule has 5 nitrogen and oxygen atoms in total. The Hall–Kier alpha value is -2.04. The summed E-state index contributed by atoms with van der Waals surface area (Å²) in [5.41, 5.74) is 1.19. The third-order valence-corrected chi connectivity index (χ3v) is 6.20. The van der Waals surface area contributed by atoms with Gasteiger partial charge in [0.1, 0.15) is 5.75 Å². The van der Waals surface area contributed by atoms with Crippen molar-refractivity contribution in [2.75, 3.05) is 13.1 Å². The number of likely N-dealkylation sites (tertiary alicyclic amines) is 1. The summed E-state index contributed by atoms with van der Waals surface area (Å²) in [6.45, 7) is 5.90. The summed E-state index contributed by atoms with van der Waals surface area (Å²) < 4.78 is 0. The number of amides is 2. The molecule has 2 fully saturated rings. The number of hydrogen-bond acceptors (Lipinski definition) is 3. The van der Waals surface area contributed by atoms with E-state index >= 15 is 0 Å². The van der Waals surface area contributed by atoms with Crippen LogP contribution in [0.5, 0.6) is 5.75 Å². The lowest BCUT2D eigenvalue weighted by Crippen LogP contribution is -2.53. The van der Waals surface area contributed by atoms with E-state index in [4.69, 9.17) is 0 Å². The van der Waals surface area contributed by atoms with Gasteiger partial charge in [0.2, 0.25) is 12.3 Å². The topological polar surface area (TPSA) is 69.6 Å². The molecule has 2 amide bonds. The van der Waals surface area contributed by atoms with Gasteiger partial charge in [-0.25, -0.2) is 0 Å². The minimum atomic E-state index is -0.0880. The van der Waals surface area contributed by atoms with E-state index in [1.165, 1.54) is 5.56 Å². The van der Waals surface area contributed by atoms with Crippen molar-refractivity contribution in [3.05, 3.63) is 29.8 Å². The van der Waals surface area contributed by atoms with E-state index in [1.54, 1.807) is 12.1 Å². The monoisotopic (exact) mass is 358 g/mol. The van der Waals surface area contributed by atoms with Gasteiger partial charge in [-0.3, -0.25) is 9.59 Å². The average Bonchev–Trinajstić information content (AvgIpc) is 2.62. The van der Waals surface area contributed by atoms with Crippen LogP contribution in [0.25, 0.3) is 0 Å². The first-order valence-electron chi connectivity index (χ1n) is 9.70. The quantitative estimate of drug-likeness (QED) is 0.813. The fraction of sp³-hybridized carbons (Fsp3) is 0.619. The largest absolute Gasteiger partial charge is 0.508 e. The minimum Gasteiger partial charge on any atom is -0.508 e. The van der Waals surface area contributed by atoms with Crippen molar-refractivity contribution in [3.8, 4) is 5.75 Å². The Morgan fingerprint density at radius 3 is 2.54 bits per heavy atom. The lowest BCUT2D eigenvalue weighted by molar-refractivity contribution is -0.141. The molecule has 3 unspecified atom stereocenters. The second-order valence-electron chi connectivity index (χ2n) is 8.46. The van der Waals surface area contributed by atoms with Gasteiger partial charge in [0, 0.05) is 19.1 Å². The molecule has 1 saturated heterocycles. The van der Waals surface area contributed by atoms with Crippen LogP contribution in [0, 0.1) is 11.3 Å². The molecular weight excluding hydrogens is 328 g/mol. The van der Waals surface area contributed by atoms with Crippen LogP contribution in [0.2, 0.25) is 0 Å². The van der Waals surface area contributed by atoms with Gasteiger partial charge in [0.15, 0.2) is 0 Å². The van der Waals surface area contributed by atoms with Gasteiger partial charge in [-0.1, -0.05) is 38.8 Å². The number of nitrogens with zero attached hydrogens (tertiary/aromatic N) is 1. The van der Waals surface area contributed by atoms with Crippen LogP contribution in [-0.2, 0) is 9.59 Å². The highest BCUT2D eigenvalue weighted by atomic mass is 16.3. The van der Waals surface area contributed by atoms with E-state index in [9.17, 15) is 14.7 Å². The molecule has 1 aliphatic heterocycles. The summed E-state index contributed by atoms with van der Waals surface area (Å²) in [6.07, 6.45) is 5.54. The van der Waals surface area contributed by atoms with Crippen molar-refractivity contribution in [2.45, 2.75) is 57.9 Å². The minimum absolute atomic E-state index is 0.0216. The zero-order valence-corrected chi connectivity index (χ0v) is 15.8. The molecule has 0 bridgehead atoms. The molecule has 142 valence electrons. The maximum absolute atomic E-state index is 13.2. The molecule has 1 aromatic rings. The maximum Gasteiger partial charge on any atom is 0.227 e. The molecule has 26 heavy (non-hydrogen) atoms. The number of benzene rings is 1. The number of phenolic OH excluding ortho intramolecular Hbond substituents is 1. The molecule has 5 heteroatoms. The van der Waals surface area contributed by atoms with Gasteiger partial charge >= 0.3 is 0 Å². The van der Waals surface area contributed by atoms with Gasteiger partial charge in [-0.05, 0) is 48.3 Å². The number of rotatable bonds is 4. The Labute approximate surface area is 155 Å². The number of nitrogens with one attached hydrogen (secondary N) is 1. The lowest BCUT2D eigenvalue weighted by atomic mass is 9.70. The normalized spacial score (nSPS) is 28.4. The molecule has 2 N–H and O–H groups in total. The highest BCUT2D eigenvalue weighted by molar-refractivity contribution is 5.80. The Kier molecular flexibility index (Phi) is 5.54. The van der Waals surface area contributed by atoms with Crippen molar-refractivity contribution < 1.29 is 14.7 Å². The standard InChI is InChI=1S/C21H30N2O3/c1-21(2)13-23(12-11-18(21)15-7-9-16(25)10-8-15)20(26)17-5-3-4-6-19(17)22-14-24/h7-10,14,17-19,25H,3-6,11-13H2,1-2H3,(H,22,24). The van der Waals surface area contributed by atoms with Gasteiger partial charge in [0.25, 0.3) is 0 Å². The lowest BCUT2D eigenvalue weighted by Gasteiger charge is -2.46. The Morgan fingerprint density at radius 1 is 1.19 bits per heavy atom. The molecule has 3 atom stereocenters. The van der Waals surface area contributed by atoms with E-state index in [-0.39, 0.29) is 29.0 Å². The molecule has 2 aliphatic rings. The summed E-state index contributed by atoms with van der Waals surface area (Å²) in [5, 5.41) is 12.4. The third-order valence-electron chi connectivity index (χ3n) is 6.20. The average molecular weight is 358 g/mol. The van der Waals surface area contributed by atoms with Crippen LogP contribution in [0.3, 0.4) is 0 Å². The number of phenols is 1. The zero-order chi connectivity index (χ0) is 18.7. The summed E-state index contributed by atoms with van der Waals surface area (Å²) in [7, 11) is 0. The smallest absolute Gasteiger partial charge is 0.227 e. The van der Waals surface area contributed by atoms with Crippen molar-refractivity contribution in [1.29, 1.82) is 0 Å². The number of aromatic hydroxyl groups is 1. The maximum atomic E-state index is 13.2. The molecule has 1 saturated carbocycles. The molecule has 1 aromatic carbocycles. The Morgan fingerprint density at radius 2 is 1.88 bits per heavy atom. The van der Waals surface area contributed by atoms with Crippen LogP contribution >= 0.6 is 0 Å². The molecule has 0 aromatic heterocycles. The molecular formula is C21H30N2O3.